The third-order valence-electron chi connectivity index (χ3n) is 2.81. The van der Waals surface area contributed by atoms with Crippen molar-refractivity contribution < 1.29 is 4.74 Å². The lowest BCUT2D eigenvalue weighted by Crippen LogP contribution is -2.37. The van der Waals surface area contributed by atoms with Crippen LogP contribution in [0.2, 0.25) is 0 Å². The summed E-state index contributed by atoms with van der Waals surface area (Å²) in [5, 5.41) is 3.10. The first-order valence-corrected chi connectivity index (χ1v) is 5.63. The number of guanidine groups is 1. The molecule has 15 heavy (non-hydrogen) atoms. The molecule has 0 atom stereocenters. The molecule has 1 saturated carbocycles. The number of methoxy groups -OCH3 is 1. The molecule has 3 N–H and O–H groups in total. The second-order valence-electron chi connectivity index (χ2n) is 4.74. The summed E-state index contributed by atoms with van der Waals surface area (Å²) in [7, 11) is 1.74. The Labute approximate surface area is 92.3 Å². The molecule has 0 aliphatic heterocycles. The molecular weight excluding hydrogens is 190 g/mol. The third-order valence-corrected chi connectivity index (χ3v) is 2.81. The van der Waals surface area contributed by atoms with Gasteiger partial charge in [-0.1, -0.05) is 0 Å². The zero-order valence-electron chi connectivity index (χ0n) is 10.0. The molecule has 0 aromatic heterocycles. The predicted molar refractivity (Wildman–Crippen MR) is 62.9 cm³/mol. The van der Waals surface area contributed by atoms with Crippen molar-refractivity contribution >= 4 is 5.96 Å². The SMILES string of the molecule is COCCC1(CN=C(N)NC(C)C)CC1. The van der Waals surface area contributed by atoms with E-state index in [-0.39, 0.29) is 0 Å². The Morgan fingerprint density at radius 1 is 1.53 bits per heavy atom. The quantitative estimate of drug-likeness (QED) is 0.513. The second kappa shape index (κ2) is 5.35. The lowest BCUT2D eigenvalue weighted by molar-refractivity contribution is 0.174. The van der Waals surface area contributed by atoms with Crippen LogP contribution in [0.4, 0.5) is 0 Å². The zero-order chi connectivity index (χ0) is 11.3. The van der Waals surface area contributed by atoms with E-state index in [2.05, 4.69) is 24.2 Å². The Morgan fingerprint density at radius 3 is 2.67 bits per heavy atom. The average Bonchev–Trinajstić information content (AvgIpc) is 2.92. The summed E-state index contributed by atoms with van der Waals surface area (Å²) < 4.78 is 5.09. The van der Waals surface area contributed by atoms with Crippen LogP contribution in [0, 0.1) is 5.41 Å². The number of rotatable bonds is 6. The van der Waals surface area contributed by atoms with Gasteiger partial charge < -0.3 is 15.8 Å². The number of nitrogens with one attached hydrogen (secondary N) is 1. The molecule has 4 nitrogen and oxygen atoms in total. The minimum absolute atomic E-state index is 0.350. The van der Waals surface area contributed by atoms with Crippen LogP contribution in [-0.2, 0) is 4.74 Å². The van der Waals surface area contributed by atoms with E-state index in [1.165, 1.54) is 12.8 Å². The minimum Gasteiger partial charge on any atom is -0.385 e. The minimum atomic E-state index is 0.350. The normalized spacial score (nSPS) is 19.3. The molecule has 0 aromatic carbocycles. The molecule has 1 aliphatic rings. The van der Waals surface area contributed by atoms with Crippen molar-refractivity contribution in [3.63, 3.8) is 0 Å². The van der Waals surface area contributed by atoms with Gasteiger partial charge in [0.2, 0.25) is 0 Å². The lowest BCUT2D eigenvalue weighted by Gasteiger charge is -2.13. The van der Waals surface area contributed by atoms with E-state index in [4.69, 9.17) is 10.5 Å². The predicted octanol–water partition coefficient (Wildman–Crippen LogP) is 1.12. The molecule has 0 bridgehead atoms. The van der Waals surface area contributed by atoms with E-state index >= 15 is 0 Å². The topological polar surface area (TPSA) is 59.6 Å². The van der Waals surface area contributed by atoms with Gasteiger partial charge in [-0.3, -0.25) is 4.99 Å². The third kappa shape index (κ3) is 4.51. The van der Waals surface area contributed by atoms with Crippen LogP contribution < -0.4 is 11.1 Å². The van der Waals surface area contributed by atoms with Crippen LogP contribution in [0.1, 0.15) is 33.1 Å². The molecule has 1 rings (SSSR count). The highest BCUT2D eigenvalue weighted by molar-refractivity contribution is 5.78. The van der Waals surface area contributed by atoms with Crippen molar-refractivity contribution in [2.75, 3.05) is 20.3 Å². The molecule has 0 spiro atoms. The van der Waals surface area contributed by atoms with Crippen LogP contribution in [0.3, 0.4) is 0 Å². The highest BCUT2D eigenvalue weighted by Crippen LogP contribution is 2.48. The molecular formula is C11H23N3O. The van der Waals surface area contributed by atoms with Crippen molar-refractivity contribution in [1.82, 2.24) is 5.32 Å². The largest absolute Gasteiger partial charge is 0.385 e. The summed E-state index contributed by atoms with van der Waals surface area (Å²) in [5.74, 6) is 0.564. The number of nitrogens with two attached hydrogens (primary N) is 1. The van der Waals surface area contributed by atoms with Gasteiger partial charge in [-0.15, -0.1) is 0 Å². The van der Waals surface area contributed by atoms with Crippen molar-refractivity contribution in [2.24, 2.45) is 16.1 Å². The van der Waals surface area contributed by atoms with Crippen molar-refractivity contribution in [3.8, 4) is 0 Å². The van der Waals surface area contributed by atoms with Gasteiger partial charge in [0, 0.05) is 26.3 Å². The van der Waals surface area contributed by atoms with Gasteiger partial charge >= 0.3 is 0 Å². The summed E-state index contributed by atoms with van der Waals surface area (Å²) in [6.45, 7) is 5.77. The standard InChI is InChI=1S/C11H23N3O/c1-9(2)14-10(12)13-8-11(4-5-11)6-7-15-3/h9H,4-8H2,1-3H3,(H3,12,13,14). The molecule has 88 valence electrons. The van der Waals surface area contributed by atoms with Gasteiger partial charge in [0.05, 0.1) is 0 Å². The number of nitrogens with zero attached hydrogens (tertiary/aromatic N) is 1. The summed E-state index contributed by atoms with van der Waals surface area (Å²) in [6, 6.07) is 0.350. The molecule has 4 heteroatoms. The van der Waals surface area contributed by atoms with Gasteiger partial charge in [0.1, 0.15) is 0 Å². The first-order valence-electron chi connectivity index (χ1n) is 5.63. The maximum Gasteiger partial charge on any atom is 0.188 e. The smallest absolute Gasteiger partial charge is 0.188 e. The van der Waals surface area contributed by atoms with Crippen LogP contribution >= 0.6 is 0 Å². The van der Waals surface area contributed by atoms with Gasteiger partial charge in [-0.25, -0.2) is 0 Å². The number of hydrogen-bond donors (Lipinski definition) is 2. The molecule has 0 heterocycles. The Kier molecular flexibility index (Phi) is 4.39. The van der Waals surface area contributed by atoms with E-state index in [0.717, 1.165) is 19.6 Å². The Bertz CT molecular complexity index is 222. The highest BCUT2D eigenvalue weighted by atomic mass is 16.5. The molecule has 0 radical (unpaired) electrons. The van der Waals surface area contributed by atoms with E-state index in [1.54, 1.807) is 7.11 Å². The van der Waals surface area contributed by atoms with E-state index in [0.29, 0.717) is 17.4 Å². The maximum atomic E-state index is 5.75. The fraction of sp³-hybridized carbons (Fsp3) is 0.909. The van der Waals surface area contributed by atoms with Gasteiger partial charge in [-0.2, -0.15) is 0 Å². The molecule has 0 unspecified atom stereocenters. The fourth-order valence-corrected chi connectivity index (χ4v) is 1.58. The summed E-state index contributed by atoms with van der Waals surface area (Å²) in [5.41, 5.74) is 6.13. The van der Waals surface area contributed by atoms with Gasteiger partial charge in [0.15, 0.2) is 5.96 Å². The lowest BCUT2D eigenvalue weighted by atomic mass is 10.0. The van der Waals surface area contributed by atoms with E-state index in [9.17, 15) is 0 Å². The first kappa shape index (κ1) is 12.3. The van der Waals surface area contributed by atoms with Crippen LogP contribution in [0.5, 0.6) is 0 Å². The van der Waals surface area contributed by atoms with Crippen molar-refractivity contribution in [3.05, 3.63) is 0 Å². The van der Waals surface area contributed by atoms with Crippen LogP contribution in [0.25, 0.3) is 0 Å². The monoisotopic (exact) mass is 213 g/mol. The van der Waals surface area contributed by atoms with Crippen LogP contribution in [0.15, 0.2) is 4.99 Å². The van der Waals surface area contributed by atoms with Crippen molar-refractivity contribution in [2.45, 2.75) is 39.2 Å². The summed E-state index contributed by atoms with van der Waals surface area (Å²) in [6.07, 6.45) is 3.62. The number of ether oxygens (including phenoxy) is 1. The number of aliphatic imine (C=N–C) groups is 1. The second-order valence-corrected chi connectivity index (χ2v) is 4.74. The zero-order valence-corrected chi connectivity index (χ0v) is 10.0. The molecule has 0 amide bonds. The Balaban J connectivity index is 2.28. The molecule has 0 aromatic rings. The van der Waals surface area contributed by atoms with E-state index in [1.807, 2.05) is 0 Å². The fourth-order valence-electron chi connectivity index (χ4n) is 1.58. The molecule has 1 fully saturated rings. The summed E-state index contributed by atoms with van der Waals surface area (Å²) >= 11 is 0. The Hall–Kier alpha value is -0.770. The number of hydrogen-bond acceptors (Lipinski definition) is 2. The maximum absolute atomic E-state index is 5.75. The highest BCUT2D eigenvalue weighted by Gasteiger charge is 2.41. The summed E-state index contributed by atoms with van der Waals surface area (Å²) in [4.78, 5) is 4.38. The van der Waals surface area contributed by atoms with Gasteiger partial charge in [0.25, 0.3) is 0 Å². The van der Waals surface area contributed by atoms with Crippen LogP contribution in [-0.4, -0.2) is 32.3 Å². The van der Waals surface area contributed by atoms with Gasteiger partial charge in [-0.05, 0) is 38.5 Å². The molecule has 0 saturated heterocycles. The van der Waals surface area contributed by atoms with Crippen molar-refractivity contribution in [1.29, 1.82) is 0 Å². The molecule has 1 aliphatic carbocycles. The van der Waals surface area contributed by atoms with E-state index < -0.39 is 0 Å². The average molecular weight is 213 g/mol. The first-order chi connectivity index (χ1) is 7.08. The Morgan fingerprint density at radius 2 is 2.20 bits per heavy atom.